The van der Waals surface area contributed by atoms with Crippen LogP contribution in [-0.4, -0.2) is 35.1 Å². The molecular formula is C13H15ClN2O6. The number of nitro benzene ring substituents is 1. The Morgan fingerprint density at radius 3 is 2.73 bits per heavy atom. The van der Waals surface area contributed by atoms with Crippen molar-refractivity contribution in [3.8, 4) is 5.75 Å². The molecule has 0 aliphatic carbocycles. The van der Waals surface area contributed by atoms with E-state index in [0.717, 1.165) is 0 Å². The molecule has 0 aliphatic rings. The Kier molecular flexibility index (Phi) is 7.11. The van der Waals surface area contributed by atoms with Crippen molar-refractivity contribution in [3.05, 3.63) is 33.3 Å². The van der Waals surface area contributed by atoms with Gasteiger partial charge in [-0.1, -0.05) is 11.6 Å². The van der Waals surface area contributed by atoms with E-state index in [9.17, 15) is 19.7 Å². The number of ether oxygens (including phenoxy) is 1. The predicted octanol–water partition coefficient (Wildman–Crippen LogP) is 2.00. The average molecular weight is 331 g/mol. The molecule has 9 heteroatoms. The lowest BCUT2D eigenvalue weighted by Crippen LogP contribution is -2.26. The van der Waals surface area contributed by atoms with Gasteiger partial charge in [0.1, 0.15) is 0 Å². The van der Waals surface area contributed by atoms with Crippen molar-refractivity contribution in [3.63, 3.8) is 0 Å². The molecule has 8 nitrogen and oxygen atoms in total. The van der Waals surface area contributed by atoms with Gasteiger partial charge in [0.15, 0.2) is 5.75 Å². The number of carbonyl (C=O) groups excluding carboxylic acids is 1. The summed E-state index contributed by atoms with van der Waals surface area (Å²) in [4.78, 5) is 32.0. The first kappa shape index (κ1) is 17.7. The van der Waals surface area contributed by atoms with Crippen LogP contribution in [0, 0.1) is 10.1 Å². The van der Waals surface area contributed by atoms with Crippen molar-refractivity contribution in [1.82, 2.24) is 5.32 Å². The molecule has 0 bridgehead atoms. The number of nitrogens with one attached hydrogen (secondary N) is 1. The Hall–Kier alpha value is -2.35. The summed E-state index contributed by atoms with van der Waals surface area (Å²) in [6.07, 6.45) is 0.325. The van der Waals surface area contributed by atoms with Crippen LogP contribution in [0.15, 0.2) is 18.2 Å². The van der Waals surface area contributed by atoms with Gasteiger partial charge >= 0.3 is 11.7 Å². The number of aliphatic carboxylic acids is 1. The third kappa shape index (κ3) is 6.40. The molecule has 0 unspecified atom stereocenters. The quantitative estimate of drug-likeness (QED) is 0.406. The highest BCUT2D eigenvalue weighted by atomic mass is 35.5. The number of benzene rings is 1. The Balaban J connectivity index is 2.36. The second-order valence-electron chi connectivity index (χ2n) is 4.31. The van der Waals surface area contributed by atoms with Crippen molar-refractivity contribution < 1.29 is 24.4 Å². The lowest BCUT2D eigenvalue weighted by molar-refractivity contribution is -0.385. The van der Waals surface area contributed by atoms with Crippen LogP contribution in [0.3, 0.4) is 0 Å². The molecule has 1 amide bonds. The second kappa shape index (κ2) is 8.83. The highest BCUT2D eigenvalue weighted by Crippen LogP contribution is 2.29. The summed E-state index contributed by atoms with van der Waals surface area (Å²) >= 11 is 5.67. The summed E-state index contributed by atoms with van der Waals surface area (Å²) < 4.78 is 5.21. The molecule has 1 rings (SSSR count). The number of carbonyl (C=O) groups is 2. The standard InChI is InChI=1S/C13H15ClN2O6/c14-9-3-4-11(10(8-9)16(20)21)22-7-5-12(17)15-6-1-2-13(18)19/h3-4,8H,1-2,5-7H2,(H,15,17)(H,18,19). The molecule has 0 fully saturated rings. The minimum Gasteiger partial charge on any atom is -0.486 e. The molecule has 0 aliphatic heterocycles. The number of nitro groups is 1. The van der Waals surface area contributed by atoms with E-state index in [2.05, 4.69) is 5.32 Å². The van der Waals surface area contributed by atoms with Gasteiger partial charge in [0.25, 0.3) is 0 Å². The van der Waals surface area contributed by atoms with E-state index in [1.807, 2.05) is 0 Å². The maximum Gasteiger partial charge on any atom is 0.312 e. The van der Waals surface area contributed by atoms with Gasteiger partial charge in [-0.05, 0) is 18.6 Å². The Morgan fingerprint density at radius 2 is 2.09 bits per heavy atom. The maximum absolute atomic E-state index is 11.5. The van der Waals surface area contributed by atoms with Gasteiger partial charge in [-0.2, -0.15) is 0 Å². The zero-order valence-corrected chi connectivity index (χ0v) is 12.3. The van der Waals surface area contributed by atoms with Gasteiger partial charge < -0.3 is 15.2 Å². The maximum atomic E-state index is 11.5. The largest absolute Gasteiger partial charge is 0.486 e. The van der Waals surface area contributed by atoms with E-state index in [4.69, 9.17) is 21.4 Å². The zero-order chi connectivity index (χ0) is 16.5. The molecule has 22 heavy (non-hydrogen) atoms. The predicted molar refractivity (Wildman–Crippen MR) is 78.1 cm³/mol. The molecule has 0 atom stereocenters. The van der Waals surface area contributed by atoms with Gasteiger partial charge in [-0.25, -0.2) is 0 Å². The summed E-state index contributed by atoms with van der Waals surface area (Å²) in [5.74, 6) is -1.21. The van der Waals surface area contributed by atoms with E-state index in [1.165, 1.54) is 18.2 Å². The highest BCUT2D eigenvalue weighted by molar-refractivity contribution is 6.30. The fraction of sp³-hybridized carbons (Fsp3) is 0.385. The van der Waals surface area contributed by atoms with Gasteiger partial charge in [0.05, 0.1) is 18.0 Å². The van der Waals surface area contributed by atoms with E-state index < -0.39 is 10.9 Å². The second-order valence-corrected chi connectivity index (χ2v) is 4.75. The molecule has 1 aromatic rings. The van der Waals surface area contributed by atoms with E-state index in [1.54, 1.807) is 0 Å². The van der Waals surface area contributed by atoms with Gasteiger partial charge in [-0.3, -0.25) is 19.7 Å². The zero-order valence-electron chi connectivity index (χ0n) is 11.6. The Labute approximate surface area is 131 Å². The molecule has 0 saturated heterocycles. The third-order valence-electron chi connectivity index (χ3n) is 2.59. The van der Waals surface area contributed by atoms with Crippen LogP contribution in [0.2, 0.25) is 5.02 Å². The van der Waals surface area contributed by atoms with Crippen molar-refractivity contribution >= 4 is 29.2 Å². The number of carboxylic acids is 1. The summed E-state index contributed by atoms with van der Waals surface area (Å²) in [6, 6.07) is 3.99. The molecule has 0 radical (unpaired) electrons. The van der Waals surface area contributed by atoms with Crippen LogP contribution in [0.1, 0.15) is 19.3 Å². The van der Waals surface area contributed by atoms with E-state index >= 15 is 0 Å². The monoisotopic (exact) mass is 330 g/mol. The summed E-state index contributed by atoms with van der Waals surface area (Å²) in [7, 11) is 0. The first-order chi connectivity index (χ1) is 10.4. The first-order valence-corrected chi connectivity index (χ1v) is 6.83. The van der Waals surface area contributed by atoms with Crippen molar-refractivity contribution in [2.24, 2.45) is 0 Å². The number of halogens is 1. The number of hydrogen-bond acceptors (Lipinski definition) is 5. The molecule has 1 aromatic carbocycles. The van der Waals surface area contributed by atoms with Crippen LogP contribution in [0.25, 0.3) is 0 Å². The molecule has 120 valence electrons. The van der Waals surface area contributed by atoms with E-state index in [0.29, 0.717) is 6.42 Å². The van der Waals surface area contributed by atoms with Crippen molar-refractivity contribution in [1.29, 1.82) is 0 Å². The molecule has 2 N–H and O–H groups in total. The topological polar surface area (TPSA) is 119 Å². The van der Waals surface area contributed by atoms with Crippen LogP contribution < -0.4 is 10.1 Å². The molecule has 0 aromatic heterocycles. The first-order valence-electron chi connectivity index (χ1n) is 6.45. The molecular weight excluding hydrogens is 316 g/mol. The van der Waals surface area contributed by atoms with Crippen molar-refractivity contribution in [2.45, 2.75) is 19.3 Å². The smallest absolute Gasteiger partial charge is 0.312 e. The fourth-order valence-corrected chi connectivity index (χ4v) is 1.73. The van der Waals surface area contributed by atoms with Crippen molar-refractivity contribution in [2.75, 3.05) is 13.2 Å². The third-order valence-corrected chi connectivity index (χ3v) is 2.83. The summed E-state index contributed by atoms with van der Waals surface area (Å²) in [6.45, 7) is 0.222. The summed E-state index contributed by atoms with van der Waals surface area (Å²) in [5.41, 5.74) is -0.269. The number of amides is 1. The lowest BCUT2D eigenvalue weighted by atomic mass is 10.3. The number of hydrogen-bond donors (Lipinski definition) is 2. The lowest BCUT2D eigenvalue weighted by Gasteiger charge is -2.07. The Bertz CT molecular complexity index is 563. The van der Waals surface area contributed by atoms with Crippen LogP contribution in [-0.2, 0) is 9.59 Å². The van der Waals surface area contributed by atoms with Gasteiger partial charge in [0, 0.05) is 24.1 Å². The minimum atomic E-state index is -0.923. The molecule has 0 saturated carbocycles. The average Bonchev–Trinajstić information content (AvgIpc) is 2.44. The van der Waals surface area contributed by atoms with Gasteiger partial charge in [-0.15, -0.1) is 0 Å². The SMILES string of the molecule is O=C(O)CCCNC(=O)CCOc1ccc(Cl)cc1[N+](=O)[O-]. The van der Waals surface area contributed by atoms with E-state index in [-0.39, 0.29) is 48.4 Å². The van der Waals surface area contributed by atoms with Crippen LogP contribution >= 0.6 is 11.6 Å². The molecule has 0 spiro atoms. The van der Waals surface area contributed by atoms with Gasteiger partial charge in [0.2, 0.25) is 5.91 Å². The number of nitrogens with zero attached hydrogens (tertiary/aromatic N) is 1. The summed E-state index contributed by atoms with van der Waals surface area (Å²) in [5, 5.41) is 22.0. The fourth-order valence-electron chi connectivity index (χ4n) is 1.56. The van der Waals surface area contributed by atoms with Crippen LogP contribution in [0.4, 0.5) is 5.69 Å². The number of rotatable bonds is 9. The normalized spacial score (nSPS) is 10.0. The van der Waals surface area contributed by atoms with Crippen LogP contribution in [0.5, 0.6) is 5.75 Å². The number of carboxylic acid groups (broad SMARTS) is 1. The Morgan fingerprint density at radius 1 is 1.36 bits per heavy atom. The minimum absolute atomic E-state index is 0.00680. The highest BCUT2D eigenvalue weighted by Gasteiger charge is 2.15. The molecule has 0 heterocycles.